The summed E-state index contributed by atoms with van der Waals surface area (Å²) in [6.07, 6.45) is 5.52. The van der Waals surface area contributed by atoms with Crippen LogP contribution in [-0.4, -0.2) is 18.3 Å². The van der Waals surface area contributed by atoms with E-state index in [-0.39, 0.29) is 17.2 Å². The van der Waals surface area contributed by atoms with Crippen LogP contribution in [0.5, 0.6) is 0 Å². The lowest BCUT2D eigenvalue weighted by molar-refractivity contribution is -0.130. The molecule has 0 aromatic carbocycles. The third kappa shape index (κ3) is 3.67. The molecule has 1 rings (SSSR count). The van der Waals surface area contributed by atoms with Gasteiger partial charge in [0, 0.05) is 18.3 Å². The van der Waals surface area contributed by atoms with Crippen LogP contribution in [0.1, 0.15) is 46.0 Å². The van der Waals surface area contributed by atoms with E-state index in [0.717, 1.165) is 19.4 Å². The van der Waals surface area contributed by atoms with Crippen LogP contribution in [0.25, 0.3) is 0 Å². The van der Waals surface area contributed by atoms with Gasteiger partial charge in [-0.3, -0.25) is 4.79 Å². The summed E-state index contributed by atoms with van der Waals surface area (Å²) in [5, 5.41) is 2.99. The van der Waals surface area contributed by atoms with E-state index < -0.39 is 0 Å². The number of alkyl halides is 1. The maximum Gasteiger partial charge on any atom is 0.223 e. The highest BCUT2D eigenvalue weighted by Crippen LogP contribution is 2.40. The van der Waals surface area contributed by atoms with E-state index in [9.17, 15) is 4.79 Å². The van der Waals surface area contributed by atoms with Crippen molar-refractivity contribution >= 4 is 17.5 Å². The van der Waals surface area contributed by atoms with E-state index in [1.54, 1.807) is 0 Å². The molecule has 2 nitrogen and oxygen atoms in total. The summed E-state index contributed by atoms with van der Waals surface area (Å²) in [5.74, 6) is 1.04. The van der Waals surface area contributed by atoms with Crippen molar-refractivity contribution in [2.75, 3.05) is 12.4 Å². The fourth-order valence-corrected chi connectivity index (χ4v) is 2.52. The smallest absolute Gasteiger partial charge is 0.223 e. The first-order valence-electron chi connectivity index (χ1n) is 5.91. The monoisotopic (exact) mass is 231 g/mol. The third-order valence-corrected chi connectivity index (χ3v) is 3.70. The molecule has 0 spiro atoms. The first kappa shape index (κ1) is 12.8. The molecule has 1 aliphatic rings. The number of hydrogen-bond acceptors (Lipinski definition) is 1. The second-order valence-electron chi connectivity index (χ2n) is 5.12. The van der Waals surface area contributed by atoms with Gasteiger partial charge in [-0.05, 0) is 24.7 Å². The van der Waals surface area contributed by atoms with Gasteiger partial charge >= 0.3 is 0 Å². The lowest BCUT2D eigenvalue weighted by Gasteiger charge is -2.37. The largest absolute Gasteiger partial charge is 0.356 e. The van der Waals surface area contributed by atoms with Crippen molar-refractivity contribution in [3.05, 3.63) is 0 Å². The van der Waals surface area contributed by atoms with Gasteiger partial charge in [0.05, 0.1) is 0 Å². The van der Waals surface area contributed by atoms with E-state index in [1.165, 1.54) is 19.3 Å². The molecule has 1 saturated carbocycles. The number of rotatable bonds is 4. The van der Waals surface area contributed by atoms with Crippen LogP contribution >= 0.6 is 11.6 Å². The van der Waals surface area contributed by atoms with Crippen LogP contribution in [0, 0.1) is 11.3 Å². The Morgan fingerprint density at radius 1 is 1.47 bits per heavy atom. The predicted octanol–water partition coefficient (Wildman–Crippen LogP) is 2.95. The first-order chi connectivity index (χ1) is 7.08. The lowest BCUT2D eigenvalue weighted by Crippen LogP contribution is -2.41. The van der Waals surface area contributed by atoms with Crippen LogP contribution in [0.2, 0.25) is 0 Å². The van der Waals surface area contributed by atoms with E-state index in [1.807, 2.05) is 0 Å². The summed E-state index contributed by atoms with van der Waals surface area (Å²) in [6, 6.07) is 0. The quantitative estimate of drug-likeness (QED) is 0.585. The Hall–Kier alpha value is -0.240. The number of carbonyl (C=O) groups excluding carboxylic acids is 1. The number of amides is 1. The zero-order chi connectivity index (χ0) is 11.3. The minimum absolute atomic E-state index is 0.170. The van der Waals surface area contributed by atoms with Crippen LogP contribution in [0.15, 0.2) is 0 Å². The van der Waals surface area contributed by atoms with E-state index in [4.69, 9.17) is 11.6 Å². The summed E-state index contributed by atoms with van der Waals surface area (Å²) in [6.45, 7) is 5.13. The molecule has 1 fully saturated rings. The summed E-state index contributed by atoms with van der Waals surface area (Å²) in [7, 11) is 0. The molecule has 0 aromatic heterocycles. The Bertz CT molecular complexity index is 216. The van der Waals surface area contributed by atoms with Gasteiger partial charge in [0.2, 0.25) is 5.91 Å². The topological polar surface area (TPSA) is 29.1 Å². The van der Waals surface area contributed by atoms with Gasteiger partial charge < -0.3 is 5.32 Å². The third-order valence-electron chi connectivity index (χ3n) is 3.43. The van der Waals surface area contributed by atoms with Crippen LogP contribution in [-0.2, 0) is 4.79 Å². The molecular weight excluding hydrogens is 210 g/mol. The van der Waals surface area contributed by atoms with Crippen molar-refractivity contribution in [2.24, 2.45) is 11.3 Å². The minimum atomic E-state index is 0.170. The van der Waals surface area contributed by atoms with Crippen molar-refractivity contribution in [2.45, 2.75) is 46.0 Å². The maximum absolute atomic E-state index is 11.9. The summed E-state index contributed by atoms with van der Waals surface area (Å²) in [5.41, 5.74) is 0.170. The van der Waals surface area contributed by atoms with Crippen molar-refractivity contribution in [1.82, 2.24) is 5.32 Å². The van der Waals surface area contributed by atoms with Gasteiger partial charge in [-0.2, -0.15) is 0 Å². The lowest BCUT2D eigenvalue weighted by atomic mass is 9.68. The van der Waals surface area contributed by atoms with Gasteiger partial charge in [0.25, 0.3) is 0 Å². The molecule has 15 heavy (non-hydrogen) atoms. The molecule has 0 aliphatic heterocycles. The molecule has 88 valence electrons. The Morgan fingerprint density at radius 2 is 2.20 bits per heavy atom. The Balaban J connectivity index is 2.42. The molecule has 1 N–H and O–H groups in total. The summed E-state index contributed by atoms with van der Waals surface area (Å²) in [4.78, 5) is 11.9. The maximum atomic E-state index is 11.9. The second-order valence-corrected chi connectivity index (χ2v) is 5.50. The van der Waals surface area contributed by atoms with Crippen LogP contribution < -0.4 is 5.32 Å². The number of hydrogen-bond donors (Lipinski definition) is 1. The highest BCUT2D eigenvalue weighted by molar-refractivity contribution is 6.17. The molecule has 0 heterocycles. The van der Waals surface area contributed by atoms with Crippen molar-refractivity contribution < 1.29 is 4.79 Å². The summed E-state index contributed by atoms with van der Waals surface area (Å²) < 4.78 is 0. The molecule has 3 heteroatoms. The molecule has 0 bridgehead atoms. The SMILES string of the molecule is CC1(C)CCCCC1C(=O)NCCCCl. The molecule has 1 amide bonds. The fraction of sp³-hybridized carbons (Fsp3) is 0.917. The normalized spacial score (nSPS) is 24.9. The molecule has 0 saturated heterocycles. The average molecular weight is 232 g/mol. The minimum Gasteiger partial charge on any atom is -0.356 e. The standard InChI is InChI=1S/C12H22ClNO/c1-12(2)7-4-3-6-10(12)11(15)14-9-5-8-13/h10H,3-9H2,1-2H3,(H,14,15). The second kappa shape index (κ2) is 5.74. The van der Waals surface area contributed by atoms with Gasteiger partial charge in [-0.1, -0.05) is 26.7 Å². The number of nitrogens with one attached hydrogen (secondary N) is 1. The zero-order valence-electron chi connectivity index (χ0n) is 9.81. The fourth-order valence-electron chi connectivity index (χ4n) is 2.38. The Morgan fingerprint density at radius 3 is 2.80 bits per heavy atom. The van der Waals surface area contributed by atoms with Crippen LogP contribution in [0.4, 0.5) is 0 Å². The highest BCUT2D eigenvalue weighted by atomic mass is 35.5. The molecular formula is C12H22ClNO. The van der Waals surface area contributed by atoms with Crippen molar-refractivity contribution in [1.29, 1.82) is 0 Å². The Kier molecular flexibility index (Phi) is 4.91. The summed E-state index contributed by atoms with van der Waals surface area (Å²) >= 11 is 5.58. The number of carbonyl (C=O) groups is 1. The van der Waals surface area contributed by atoms with Crippen molar-refractivity contribution in [3.63, 3.8) is 0 Å². The molecule has 0 aromatic rings. The molecule has 1 atom stereocenters. The number of halogens is 1. The van der Waals surface area contributed by atoms with Crippen molar-refractivity contribution in [3.8, 4) is 0 Å². The van der Waals surface area contributed by atoms with E-state index >= 15 is 0 Å². The van der Waals surface area contributed by atoms with E-state index in [0.29, 0.717) is 5.88 Å². The zero-order valence-corrected chi connectivity index (χ0v) is 10.6. The first-order valence-corrected chi connectivity index (χ1v) is 6.45. The molecule has 1 unspecified atom stereocenters. The molecule has 1 aliphatic carbocycles. The van der Waals surface area contributed by atoms with Gasteiger partial charge in [0.1, 0.15) is 0 Å². The van der Waals surface area contributed by atoms with Gasteiger partial charge in [-0.25, -0.2) is 0 Å². The predicted molar refractivity (Wildman–Crippen MR) is 64.1 cm³/mol. The highest BCUT2D eigenvalue weighted by Gasteiger charge is 2.36. The van der Waals surface area contributed by atoms with Gasteiger partial charge in [0.15, 0.2) is 0 Å². The average Bonchev–Trinajstić information content (AvgIpc) is 2.17. The van der Waals surface area contributed by atoms with Crippen LogP contribution in [0.3, 0.4) is 0 Å². The Labute approximate surface area is 97.8 Å². The van der Waals surface area contributed by atoms with E-state index in [2.05, 4.69) is 19.2 Å². The van der Waals surface area contributed by atoms with Gasteiger partial charge in [-0.15, -0.1) is 11.6 Å². The molecule has 0 radical (unpaired) electrons.